The molecule has 1 aliphatic carbocycles. The highest BCUT2D eigenvalue weighted by atomic mass is 16.3. The van der Waals surface area contributed by atoms with E-state index in [2.05, 4.69) is 15.3 Å². The van der Waals surface area contributed by atoms with E-state index in [1.165, 1.54) is 0 Å². The van der Waals surface area contributed by atoms with Crippen LogP contribution in [0.5, 0.6) is 0 Å². The first-order valence-corrected chi connectivity index (χ1v) is 6.06. The molecule has 0 radical (unpaired) electrons. The van der Waals surface area contributed by atoms with Gasteiger partial charge in [-0.3, -0.25) is 4.79 Å². The summed E-state index contributed by atoms with van der Waals surface area (Å²) in [5, 5.41) is 12.6. The zero-order valence-electron chi connectivity index (χ0n) is 10.5. The van der Waals surface area contributed by atoms with Crippen molar-refractivity contribution in [1.82, 2.24) is 15.3 Å². The Labute approximate surface area is 106 Å². The Kier molecular flexibility index (Phi) is 3.76. The number of carbonyl (C=O) groups is 1. The summed E-state index contributed by atoms with van der Waals surface area (Å²) in [4.78, 5) is 21.5. The number of likely N-dealkylation sites (N-methyl/N-ethyl adjacent to an activating group) is 1. The van der Waals surface area contributed by atoms with E-state index in [1.54, 1.807) is 30.4 Å². The van der Waals surface area contributed by atoms with Crippen LogP contribution < -0.4 is 10.2 Å². The number of anilines is 1. The number of hydrogen-bond acceptors (Lipinski definition) is 5. The first kappa shape index (κ1) is 12.8. The van der Waals surface area contributed by atoms with E-state index < -0.39 is 5.60 Å². The Morgan fingerprint density at radius 2 is 2.17 bits per heavy atom. The van der Waals surface area contributed by atoms with Gasteiger partial charge in [0.15, 0.2) is 0 Å². The van der Waals surface area contributed by atoms with Gasteiger partial charge in [0.05, 0.1) is 12.1 Å². The summed E-state index contributed by atoms with van der Waals surface area (Å²) in [6, 6.07) is 1.73. The Balaban J connectivity index is 1.77. The normalized spacial score (nSPS) is 16.8. The molecule has 2 N–H and O–H groups in total. The van der Waals surface area contributed by atoms with E-state index in [-0.39, 0.29) is 12.5 Å². The maximum Gasteiger partial charge on any atom is 0.239 e. The van der Waals surface area contributed by atoms with Crippen molar-refractivity contribution in [3.63, 3.8) is 0 Å². The minimum Gasteiger partial charge on any atom is -0.388 e. The molecule has 0 bridgehead atoms. The smallest absolute Gasteiger partial charge is 0.239 e. The minimum absolute atomic E-state index is 0.134. The molecular weight excluding hydrogens is 232 g/mol. The van der Waals surface area contributed by atoms with Crippen LogP contribution in [0.4, 0.5) is 5.95 Å². The summed E-state index contributed by atoms with van der Waals surface area (Å²) in [7, 11) is 1.76. The van der Waals surface area contributed by atoms with Gasteiger partial charge in [0.1, 0.15) is 0 Å². The maximum absolute atomic E-state index is 11.7. The molecular formula is C12H18N4O2. The lowest BCUT2D eigenvalue weighted by Crippen LogP contribution is -2.49. The van der Waals surface area contributed by atoms with Crippen molar-refractivity contribution in [2.45, 2.75) is 24.9 Å². The molecule has 0 atom stereocenters. The van der Waals surface area contributed by atoms with Crippen molar-refractivity contribution >= 4 is 11.9 Å². The maximum atomic E-state index is 11.7. The molecule has 1 aromatic heterocycles. The fourth-order valence-electron chi connectivity index (χ4n) is 1.86. The van der Waals surface area contributed by atoms with Gasteiger partial charge in [0.25, 0.3) is 0 Å². The van der Waals surface area contributed by atoms with Crippen molar-refractivity contribution in [2.75, 3.05) is 25.0 Å². The molecule has 6 nitrogen and oxygen atoms in total. The van der Waals surface area contributed by atoms with Gasteiger partial charge in [-0.1, -0.05) is 0 Å². The zero-order chi connectivity index (χ0) is 13.0. The van der Waals surface area contributed by atoms with Gasteiger partial charge in [0.2, 0.25) is 11.9 Å². The second kappa shape index (κ2) is 5.30. The fraction of sp³-hybridized carbons (Fsp3) is 0.583. The molecule has 0 aliphatic heterocycles. The van der Waals surface area contributed by atoms with Crippen molar-refractivity contribution in [3.8, 4) is 0 Å². The SMILES string of the molecule is CN(CC(=O)NCC1(O)CCC1)c1ncccn1. The standard InChI is InChI=1S/C12H18N4O2/c1-16(11-13-6-3-7-14-11)8-10(17)15-9-12(18)4-2-5-12/h3,6-7,18H,2,4-5,8-9H2,1H3,(H,15,17). The molecule has 2 rings (SSSR count). The monoisotopic (exact) mass is 250 g/mol. The lowest BCUT2D eigenvalue weighted by atomic mass is 9.80. The molecule has 0 saturated heterocycles. The largest absolute Gasteiger partial charge is 0.388 e. The van der Waals surface area contributed by atoms with Gasteiger partial charge in [-0.15, -0.1) is 0 Å². The minimum atomic E-state index is -0.683. The summed E-state index contributed by atoms with van der Waals surface area (Å²) in [6.07, 6.45) is 5.83. The van der Waals surface area contributed by atoms with Gasteiger partial charge in [-0.2, -0.15) is 0 Å². The third kappa shape index (κ3) is 3.16. The quantitative estimate of drug-likeness (QED) is 0.765. The van der Waals surface area contributed by atoms with Gasteiger partial charge >= 0.3 is 0 Å². The molecule has 0 spiro atoms. The number of aliphatic hydroxyl groups is 1. The number of aromatic nitrogens is 2. The van der Waals surface area contributed by atoms with Crippen molar-refractivity contribution in [1.29, 1.82) is 0 Å². The number of nitrogens with one attached hydrogen (secondary N) is 1. The highest BCUT2D eigenvalue weighted by Crippen LogP contribution is 2.30. The predicted octanol–water partition coefficient (Wildman–Crippen LogP) is -0.0560. The lowest BCUT2D eigenvalue weighted by molar-refractivity contribution is -0.122. The van der Waals surface area contributed by atoms with Crippen LogP contribution in [0.3, 0.4) is 0 Å². The van der Waals surface area contributed by atoms with Crippen LogP contribution in [0.15, 0.2) is 18.5 Å². The van der Waals surface area contributed by atoms with Crippen molar-refractivity contribution in [3.05, 3.63) is 18.5 Å². The Morgan fingerprint density at radius 1 is 1.50 bits per heavy atom. The lowest BCUT2D eigenvalue weighted by Gasteiger charge is -2.36. The van der Waals surface area contributed by atoms with Crippen molar-refractivity contribution < 1.29 is 9.90 Å². The first-order valence-electron chi connectivity index (χ1n) is 6.06. The van der Waals surface area contributed by atoms with E-state index in [9.17, 15) is 9.90 Å². The number of nitrogens with zero attached hydrogens (tertiary/aromatic N) is 3. The topological polar surface area (TPSA) is 78.4 Å². The number of amides is 1. The second-order valence-corrected chi connectivity index (χ2v) is 4.76. The fourth-order valence-corrected chi connectivity index (χ4v) is 1.86. The number of rotatable bonds is 5. The first-order chi connectivity index (χ1) is 8.59. The molecule has 0 unspecified atom stereocenters. The highest BCUT2D eigenvalue weighted by Gasteiger charge is 2.34. The second-order valence-electron chi connectivity index (χ2n) is 4.76. The Morgan fingerprint density at radius 3 is 2.72 bits per heavy atom. The van der Waals surface area contributed by atoms with Crippen LogP contribution in [0, 0.1) is 0 Å². The van der Waals surface area contributed by atoms with Crippen LogP contribution in [0.1, 0.15) is 19.3 Å². The third-order valence-electron chi connectivity index (χ3n) is 3.17. The zero-order valence-corrected chi connectivity index (χ0v) is 10.5. The summed E-state index contributed by atoms with van der Waals surface area (Å²) >= 11 is 0. The summed E-state index contributed by atoms with van der Waals surface area (Å²) in [6.45, 7) is 0.509. The van der Waals surface area contributed by atoms with Crippen LogP contribution in [0.25, 0.3) is 0 Å². The molecule has 1 aromatic rings. The van der Waals surface area contributed by atoms with Gasteiger partial charge in [-0.25, -0.2) is 9.97 Å². The van der Waals surface area contributed by atoms with Crippen LogP contribution in [-0.4, -0.2) is 46.7 Å². The van der Waals surface area contributed by atoms with Gasteiger partial charge in [-0.05, 0) is 25.3 Å². The molecule has 6 heteroatoms. The molecule has 98 valence electrons. The molecule has 18 heavy (non-hydrogen) atoms. The number of hydrogen-bond donors (Lipinski definition) is 2. The molecule has 0 aromatic carbocycles. The Bertz CT molecular complexity index is 406. The van der Waals surface area contributed by atoms with E-state index in [4.69, 9.17) is 0 Å². The predicted molar refractivity (Wildman–Crippen MR) is 67.1 cm³/mol. The third-order valence-corrected chi connectivity index (χ3v) is 3.17. The molecule has 1 aliphatic rings. The van der Waals surface area contributed by atoms with E-state index >= 15 is 0 Å². The van der Waals surface area contributed by atoms with Crippen LogP contribution in [-0.2, 0) is 4.79 Å². The average Bonchev–Trinajstić information content (AvgIpc) is 2.35. The Hall–Kier alpha value is -1.69. The van der Waals surface area contributed by atoms with Gasteiger partial charge in [0, 0.05) is 26.0 Å². The van der Waals surface area contributed by atoms with E-state index in [1.807, 2.05) is 0 Å². The van der Waals surface area contributed by atoms with Crippen LogP contribution >= 0.6 is 0 Å². The van der Waals surface area contributed by atoms with Crippen molar-refractivity contribution in [2.24, 2.45) is 0 Å². The highest BCUT2D eigenvalue weighted by molar-refractivity contribution is 5.80. The summed E-state index contributed by atoms with van der Waals surface area (Å²) in [5.74, 6) is 0.375. The molecule has 1 amide bonds. The van der Waals surface area contributed by atoms with E-state index in [0.717, 1.165) is 19.3 Å². The molecule has 1 fully saturated rings. The summed E-state index contributed by atoms with van der Waals surface area (Å²) in [5.41, 5.74) is -0.683. The van der Waals surface area contributed by atoms with E-state index in [0.29, 0.717) is 12.5 Å². The molecule has 1 heterocycles. The molecule has 1 saturated carbocycles. The number of carbonyl (C=O) groups excluding carboxylic acids is 1. The van der Waals surface area contributed by atoms with Gasteiger partial charge < -0.3 is 15.3 Å². The average molecular weight is 250 g/mol. The van der Waals surface area contributed by atoms with Crippen LogP contribution in [0.2, 0.25) is 0 Å². The summed E-state index contributed by atoms with van der Waals surface area (Å²) < 4.78 is 0.